The summed E-state index contributed by atoms with van der Waals surface area (Å²) in [6, 6.07) is 7.26. The van der Waals surface area contributed by atoms with Crippen LogP contribution in [0.2, 0.25) is 0 Å². The van der Waals surface area contributed by atoms with Gasteiger partial charge in [-0.25, -0.2) is 0 Å². The van der Waals surface area contributed by atoms with Crippen molar-refractivity contribution in [2.75, 3.05) is 35.6 Å². The minimum Gasteiger partial charge on any atom is -0.415 e. The van der Waals surface area contributed by atoms with Gasteiger partial charge in [0.1, 0.15) is 6.54 Å². The van der Waals surface area contributed by atoms with Crippen LogP contribution in [0.4, 0.5) is 11.4 Å². The molecule has 0 spiro atoms. The Morgan fingerprint density at radius 2 is 2.04 bits per heavy atom. The zero-order valence-corrected chi connectivity index (χ0v) is 15.0. The maximum atomic E-state index is 12.6. The predicted molar refractivity (Wildman–Crippen MR) is 97.0 cm³/mol. The van der Waals surface area contributed by atoms with E-state index in [0.29, 0.717) is 29.0 Å². The van der Waals surface area contributed by atoms with Crippen LogP contribution in [0.5, 0.6) is 0 Å². The van der Waals surface area contributed by atoms with E-state index in [1.54, 1.807) is 6.07 Å². The average molecular weight is 373 g/mol. The van der Waals surface area contributed by atoms with Crippen molar-refractivity contribution in [3.05, 3.63) is 30.2 Å². The number of rotatable bonds is 5. The highest BCUT2D eigenvalue weighted by Gasteiger charge is 2.27. The number of anilines is 2. The second kappa shape index (κ2) is 7.46. The standard InChI is InChI=1S/C17H19N5O3S/c23-14-9-22(13-6-2-1-5-12(13)18-14)16(24)11-26-17-20-19-15(25-17)10-21-7-3-4-8-21/h1-2,5-6H,3-4,7-11H2,(H,18,23). The highest BCUT2D eigenvalue weighted by molar-refractivity contribution is 7.99. The molecule has 2 aliphatic rings. The summed E-state index contributed by atoms with van der Waals surface area (Å²) < 4.78 is 5.62. The Morgan fingerprint density at radius 1 is 1.23 bits per heavy atom. The SMILES string of the molecule is O=C1CN(C(=O)CSc2nnc(CN3CCCC3)o2)c2ccccc2N1. The number of aromatic nitrogens is 2. The molecule has 1 saturated heterocycles. The molecule has 8 nitrogen and oxygen atoms in total. The third kappa shape index (κ3) is 3.73. The molecule has 0 radical (unpaired) electrons. The van der Waals surface area contributed by atoms with E-state index in [1.165, 1.54) is 29.5 Å². The first kappa shape index (κ1) is 17.0. The molecule has 0 atom stereocenters. The number of nitrogens with zero attached hydrogens (tertiary/aromatic N) is 4. The van der Waals surface area contributed by atoms with Crippen LogP contribution in [0.25, 0.3) is 0 Å². The highest BCUT2D eigenvalue weighted by atomic mass is 32.2. The number of para-hydroxylation sites is 2. The molecule has 26 heavy (non-hydrogen) atoms. The number of thioether (sulfide) groups is 1. The van der Waals surface area contributed by atoms with E-state index in [2.05, 4.69) is 20.4 Å². The zero-order chi connectivity index (χ0) is 17.9. The summed E-state index contributed by atoms with van der Waals surface area (Å²) in [6.45, 7) is 2.78. The van der Waals surface area contributed by atoms with Gasteiger partial charge in [-0.15, -0.1) is 10.2 Å². The summed E-state index contributed by atoms with van der Waals surface area (Å²) in [6.07, 6.45) is 2.41. The largest absolute Gasteiger partial charge is 0.415 e. The molecule has 1 N–H and O–H groups in total. The van der Waals surface area contributed by atoms with Gasteiger partial charge in [-0.05, 0) is 38.1 Å². The van der Waals surface area contributed by atoms with Gasteiger partial charge in [-0.3, -0.25) is 14.5 Å². The molecule has 0 aliphatic carbocycles. The maximum Gasteiger partial charge on any atom is 0.277 e. The Balaban J connectivity index is 1.37. The van der Waals surface area contributed by atoms with Gasteiger partial charge in [0.15, 0.2) is 0 Å². The number of likely N-dealkylation sites (tertiary alicyclic amines) is 1. The van der Waals surface area contributed by atoms with Crippen LogP contribution in [-0.2, 0) is 16.1 Å². The molecule has 2 aromatic rings. The van der Waals surface area contributed by atoms with E-state index in [0.717, 1.165) is 13.1 Å². The van der Waals surface area contributed by atoms with E-state index < -0.39 is 0 Å². The van der Waals surface area contributed by atoms with Crippen LogP contribution < -0.4 is 10.2 Å². The monoisotopic (exact) mass is 373 g/mol. The molecule has 2 amide bonds. The number of nitrogens with one attached hydrogen (secondary N) is 1. The van der Waals surface area contributed by atoms with Gasteiger partial charge in [0.25, 0.3) is 5.22 Å². The normalized spacial score (nSPS) is 17.2. The van der Waals surface area contributed by atoms with Gasteiger partial charge in [0, 0.05) is 0 Å². The van der Waals surface area contributed by atoms with Crippen LogP contribution in [0, 0.1) is 0 Å². The average Bonchev–Trinajstić information content (AvgIpc) is 3.31. The number of hydrogen-bond donors (Lipinski definition) is 1. The van der Waals surface area contributed by atoms with Crippen molar-refractivity contribution in [1.29, 1.82) is 0 Å². The van der Waals surface area contributed by atoms with E-state index in [9.17, 15) is 9.59 Å². The number of amides is 2. The van der Waals surface area contributed by atoms with Crippen molar-refractivity contribution in [1.82, 2.24) is 15.1 Å². The quantitative estimate of drug-likeness (QED) is 0.798. The Morgan fingerprint density at radius 3 is 2.88 bits per heavy atom. The fourth-order valence-electron chi connectivity index (χ4n) is 3.15. The molecule has 0 unspecified atom stereocenters. The summed E-state index contributed by atoms with van der Waals surface area (Å²) in [7, 11) is 0. The van der Waals surface area contributed by atoms with E-state index in [-0.39, 0.29) is 24.1 Å². The second-order valence-corrected chi connectivity index (χ2v) is 7.21. The van der Waals surface area contributed by atoms with Crippen molar-refractivity contribution < 1.29 is 14.0 Å². The number of hydrogen-bond acceptors (Lipinski definition) is 7. The van der Waals surface area contributed by atoms with Crippen LogP contribution in [0.1, 0.15) is 18.7 Å². The number of carbonyl (C=O) groups excluding carboxylic acids is 2. The number of benzene rings is 1. The molecule has 4 rings (SSSR count). The molecule has 9 heteroatoms. The van der Waals surface area contributed by atoms with E-state index in [4.69, 9.17) is 4.42 Å². The molecule has 1 fully saturated rings. The summed E-state index contributed by atoms with van der Waals surface area (Å²) in [5.41, 5.74) is 1.35. The maximum absolute atomic E-state index is 12.6. The Labute approximate surface area is 154 Å². The number of carbonyl (C=O) groups is 2. The van der Waals surface area contributed by atoms with Gasteiger partial charge >= 0.3 is 0 Å². The minimum absolute atomic E-state index is 0.0143. The van der Waals surface area contributed by atoms with Crippen molar-refractivity contribution in [3.63, 3.8) is 0 Å². The van der Waals surface area contributed by atoms with Crippen LogP contribution in [0.15, 0.2) is 33.9 Å². The van der Waals surface area contributed by atoms with Crippen LogP contribution in [0.3, 0.4) is 0 Å². The van der Waals surface area contributed by atoms with E-state index >= 15 is 0 Å². The van der Waals surface area contributed by atoms with Gasteiger partial charge < -0.3 is 14.6 Å². The van der Waals surface area contributed by atoms with Crippen molar-refractivity contribution in [3.8, 4) is 0 Å². The first-order chi connectivity index (χ1) is 12.7. The lowest BCUT2D eigenvalue weighted by atomic mass is 10.2. The molecular weight excluding hydrogens is 354 g/mol. The van der Waals surface area contributed by atoms with Gasteiger partial charge in [-0.2, -0.15) is 0 Å². The molecule has 1 aromatic carbocycles. The van der Waals surface area contributed by atoms with Crippen molar-refractivity contribution >= 4 is 35.0 Å². The first-order valence-electron chi connectivity index (χ1n) is 8.56. The topological polar surface area (TPSA) is 91.6 Å². The molecule has 3 heterocycles. The molecule has 0 bridgehead atoms. The lowest BCUT2D eigenvalue weighted by Gasteiger charge is -2.28. The molecule has 136 valence electrons. The smallest absolute Gasteiger partial charge is 0.277 e. The predicted octanol–water partition coefficient (Wildman–Crippen LogP) is 1.74. The first-order valence-corrected chi connectivity index (χ1v) is 9.54. The third-order valence-corrected chi connectivity index (χ3v) is 5.20. The van der Waals surface area contributed by atoms with Crippen LogP contribution >= 0.6 is 11.8 Å². The third-order valence-electron chi connectivity index (χ3n) is 4.40. The lowest BCUT2D eigenvalue weighted by molar-refractivity contribution is -0.120. The lowest BCUT2D eigenvalue weighted by Crippen LogP contribution is -2.43. The summed E-state index contributed by atoms with van der Waals surface area (Å²) in [4.78, 5) is 28.2. The molecular formula is C17H19N5O3S. The summed E-state index contributed by atoms with van der Waals surface area (Å²) in [5.74, 6) is 0.335. The van der Waals surface area contributed by atoms with Gasteiger partial charge in [0.2, 0.25) is 17.7 Å². The minimum atomic E-state index is -0.201. The second-order valence-electron chi connectivity index (χ2n) is 6.28. The fraction of sp³-hybridized carbons (Fsp3) is 0.412. The Hall–Kier alpha value is -2.39. The number of fused-ring (bicyclic) bond motifs is 1. The van der Waals surface area contributed by atoms with E-state index in [1.807, 2.05) is 18.2 Å². The van der Waals surface area contributed by atoms with Gasteiger partial charge in [0.05, 0.1) is 23.7 Å². The van der Waals surface area contributed by atoms with Crippen LogP contribution in [-0.4, -0.2) is 52.3 Å². The van der Waals surface area contributed by atoms with Crippen molar-refractivity contribution in [2.45, 2.75) is 24.6 Å². The van der Waals surface area contributed by atoms with Crippen molar-refractivity contribution in [2.24, 2.45) is 0 Å². The highest BCUT2D eigenvalue weighted by Crippen LogP contribution is 2.30. The summed E-state index contributed by atoms with van der Waals surface area (Å²) >= 11 is 1.20. The fourth-order valence-corrected chi connectivity index (χ4v) is 3.81. The Kier molecular flexibility index (Phi) is 4.89. The molecule has 2 aliphatic heterocycles. The zero-order valence-electron chi connectivity index (χ0n) is 14.2. The Bertz CT molecular complexity index is 818. The molecule has 1 aromatic heterocycles. The summed E-state index contributed by atoms with van der Waals surface area (Å²) in [5, 5.41) is 11.2. The molecule has 0 saturated carbocycles. The van der Waals surface area contributed by atoms with Gasteiger partial charge in [-0.1, -0.05) is 23.9 Å².